The van der Waals surface area contributed by atoms with Crippen LogP contribution in [0.25, 0.3) is 0 Å². The molecule has 1 heterocycles. The lowest BCUT2D eigenvalue weighted by atomic mass is 9.76. The molecule has 1 unspecified atom stereocenters. The van der Waals surface area contributed by atoms with Gasteiger partial charge in [-0.15, -0.1) is 0 Å². The van der Waals surface area contributed by atoms with E-state index in [1.807, 2.05) is 20.8 Å². The van der Waals surface area contributed by atoms with Crippen molar-refractivity contribution < 1.29 is 23.8 Å². The Bertz CT molecular complexity index is 466. The van der Waals surface area contributed by atoms with E-state index < -0.39 is 11.4 Å². The molecule has 3 fully saturated rings. The molecular formula is C17H27NO5. The summed E-state index contributed by atoms with van der Waals surface area (Å²) in [4.78, 5) is 23.5. The number of alkyl carbamates (subject to hydrolysis) is 1. The number of ether oxygens (including phenoxy) is 3. The maximum Gasteiger partial charge on any atom is 0.407 e. The summed E-state index contributed by atoms with van der Waals surface area (Å²) in [7, 11) is 0. The predicted octanol–water partition coefficient (Wildman–Crippen LogP) is 2.26. The summed E-state index contributed by atoms with van der Waals surface area (Å²) in [5.74, 6) is -0.255. The van der Waals surface area contributed by atoms with Gasteiger partial charge < -0.3 is 24.3 Å². The molecule has 4 atom stereocenters. The first-order valence-corrected chi connectivity index (χ1v) is 8.56. The van der Waals surface area contributed by atoms with Gasteiger partial charge in [0.05, 0.1) is 19.1 Å². The van der Waals surface area contributed by atoms with Crippen molar-refractivity contribution in [2.45, 2.75) is 63.9 Å². The van der Waals surface area contributed by atoms with Crippen molar-refractivity contribution in [3.05, 3.63) is 0 Å². The van der Waals surface area contributed by atoms with Crippen LogP contribution in [0.2, 0.25) is 0 Å². The van der Waals surface area contributed by atoms with E-state index in [0.717, 1.165) is 32.0 Å². The smallest absolute Gasteiger partial charge is 0.407 e. The molecule has 3 aliphatic rings. The van der Waals surface area contributed by atoms with Crippen LogP contribution in [0.15, 0.2) is 0 Å². The van der Waals surface area contributed by atoms with Crippen molar-refractivity contribution in [2.24, 2.45) is 17.8 Å². The van der Waals surface area contributed by atoms with E-state index in [1.165, 1.54) is 0 Å². The molecule has 6 nitrogen and oxygen atoms in total. The monoisotopic (exact) mass is 325 g/mol. The Morgan fingerprint density at radius 2 is 1.96 bits per heavy atom. The zero-order chi connectivity index (χ0) is 16.7. The van der Waals surface area contributed by atoms with Gasteiger partial charge in [-0.05, 0) is 51.9 Å². The Kier molecular flexibility index (Phi) is 4.40. The van der Waals surface area contributed by atoms with Crippen LogP contribution in [0.4, 0.5) is 4.79 Å². The number of nitrogens with one attached hydrogen (secondary N) is 1. The number of fused-ring (bicyclic) bond motifs is 1. The average Bonchev–Trinajstić information content (AvgIpc) is 3.00. The molecule has 1 amide bonds. The van der Waals surface area contributed by atoms with E-state index in [4.69, 9.17) is 14.2 Å². The number of amides is 1. The first-order chi connectivity index (χ1) is 10.8. The van der Waals surface area contributed by atoms with Crippen LogP contribution in [-0.4, -0.2) is 43.0 Å². The Morgan fingerprint density at radius 1 is 1.26 bits per heavy atom. The van der Waals surface area contributed by atoms with Gasteiger partial charge in [0, 0.05) is 12.5 Å². The minimum absolute atomic E-state index is 0.0926. The quantitative estimate of drug-likeness (QED) is 0.788. The van der Waals surface area contributed by atoms with Crippen LogP contribution in [-0.2, 0) is 19.0 Å². The Morgan fingerprint density at radius 3 is 2.57 bits per heavy atom. The van der Waals surface area contributed by atoms with E-state index in [1.54, 1.807) is 0 Å². The molecule has 6 heteroatoms. The zero-order valence-corrected chi connectivity index (χ0v) is 14.2. The van der Waals surface area contributed by atoms with Gasteiger partial charge in [-0.25, -0.2) is 4.79 Å². The van der Waals surface area contributed by atoms with Gasteiger partial charge in [-0.1, -0.05) is 0 Å². The number of hydrogen-bond acceptors (Lipinski definition) is 5. The second-order valence-corrected chi connectivity index (χ2v) is 7.95. The zero-order valence-electron chi connectivity index (χ0n) is 14.2. The SMILES string of the molecule is CC(C)(C)OC(=O)NC1CC[C@@H]2[C@@H](C1)CC1(OCCO1)[C@H]2C=O. The van der Waals surface area contributed by atoms with E-state index >= 15 is 0 Å². The number of carbonyl (C=O) groups excluding carboxylic acids is 2. The fraction of sp³-hybridized carbons (Fsp3) is 0.882. The fourth-order valence-corrected chi connectivity index (χ4v) is 4.41. The van der Waals surface area contributed by atoms with Crippen LogP contribution in [0.1, 0.15) is 46.5 Å². The highest BCUT2D eigenvalue weighted by molar-refractivity contribution is 5.68. The van der Waals surface area contributed by atoms with Crippen LogP contribution in [0.5, 0.6) is 0 Å². The molecule has 0 radical (unpaired) electrons. The van der Waals surface area contributed by atoms with Crippen molar-refractivity contribution >= 4 is 12.4 Å². The minimum atomic E-state index is -0.710. The van der Waals surface area contributed by atoms with Crippen molar-refractivity contribution in [3.63, 3.8) is 0 Å². The summed E-state index contributed by atoms with van der Waals surface area (Å²) in [5, 5.41) is 2.97. The summed E-state index contributed by atoms with van der Waals surface area (Å²) in [5.41, 5.74) is -0.493. The maximum atomic E-state index is 12.0. The van der Waals surface area contributed by atoms with Crippen LogP contribution in [0, 0.1) is 17.8 Å². The molecule has 130 valence electrons. The highest BCUT2D eigenvalue weighted by atomic mass is 16.7. The van der Waals surface area contributed by atoms with Gasteiger partial charge in [-0.2, -0.15) is 0 Å². The van der Waals surface area contributed by atoms with Crippen LogP contribution >= 0.6 is 0 Å². The second kappa shape index (κ2) is 6.06. The van der Waals surface area contributed by atoms with E-state index in [-0.39, 0.29) is 18.1 Å². The van der Waals surface area contributed by atoms with Crippen molar-refractivity contribution in [1.82, 2.24) is 5.32 Å². The van der Waals surface area contributed by atoms with Gasteiger partial charge in [-0.3, -0.25) is 0 Å². The number of carbonyl (C=O) groups is 2. The van der Waals surface area contributed by atoms with Gasteiger partial charge in [0.15, 0.2) is 5.79 Å². The second-order valence-electron chi connectivity index (χ2n) is 7.95. The summed E-state index contributed by atoms with van der Waals surface area (Å²) in [6.07, 6.45) is 4.01. The third kappa shape index (κ3) is 3.38. The third-order valence-corrected chi connectivity index (χ3v) is 5.20. The highest BCUT2D eigenvalue weighted by Gasteiger charge is 2.58. The highest BCUT2D eigenvalue weighted by Crippen LogP contribution is 2.53. The summed E-state index contributed by atoms with van der Waals surface area (Å²) in [6, 6.07) is 0.0926. The van der Waals surface area contributed by atoms with Crippen LogP contribution < -0.4 is 5.32 Å². The molecule has 3 rings (SSSR count). The number of hydrogen-bond donors (Lipinski definition) is 1. The molecule has 0 aromatic rings. The molecule has 23 heavy (non-hydrogen) atoms. The van der Waals surface area contributed by atoms with Gasteiger partial charge in [0.25, 0.3) is 0 Å². The summed E-state index contributed by atoms with van der Waals surface area (Å²) < 4.78 is 17.0. The van der Waals surface area contributed by atoms with E-state index in [0.29, 0.717) is 25.0 Å². The van der Waals surface area contributed by atoms with Crippen molar-refractivity contribution in [2.75, 3.05) is 13.2 Å². The number of aldehydes is 1. The molecule has 0 bridgehead atoms. The third-order valence-electron chi connectivity index (χ3n) is 5.20. The Balaban J connectivity index is 1.61. The van der Waals surface area contributed by atoms with Gasteiger partial charge in [0.2, 0.25) is 0 Å². The molecule has 1 N–H and O–H groups in total. The molecule has 0 aromatic carbocycles. The molecule has 2 aliphatic carbocycles. The predicted molar refractivity (Wildman–Crippen MR) is 82.8 cm³/mol. The van der Waals surface area contributed by atoms with Crippen LogP contribution in [0.3, 0.4) is 0 Å². The lowest BCUT2D eigenvalue weighted by molar-refractivity contribution is -0.184. The Hall–Kier alpha value is -1.14. The standard InChI is InChI=1S/C17H27NO5/c1-16(2,3)23-15(20)18-12-4-5-13-11(8-12)9-17(14(13)10-19)21-6-7-22-17/h10-14H,4-9H2,1-3H3,(H,18,20)/t11-,12?,13+,14-/m0/s1. The summed E-state index contributed by atoms with van der Waals surface area (Å²) >= 11 is 0. The normalized spacial score (nSPS) is 35.8. The largest absolute Gasteiger partial charge is 0.444 e. The van der Waals surface area contributed by atoms with Crippen molar-refractivity contribution in [1.29, 1.82) is 0 Å². The van der Waals surface area contributed by atoms with Gasteiger partial charge in [0.1, 0.15) is 11.9 Å². The lowest BCUT2D eigenvalue weighted by Gasteiger charge is -2.33. The fourth-order valence-electron chi connectivity index (χ4n) is 4.41. The van der Waals surface area contributed by atoms with Crippen molar-refractivity contribution in [3.8, 4) is 0 Å². The van der Waals surface area contributed by atoms with Gasteiger partial charge >= 0.3 is 6.09 Å². The first kappa shape index (κ1) is 16.7. The molecule has 0 aromatic heterocycles. The average molecular weight is 325 g/mol. The van der Waals surface area contributed by atoms with E-state index in [9.17, 15) is 9.59 Å². The minimum Gasteiger partial charge on any atom is -0.444 e. The molecule has 1 saturated heterocycles. The first-order valence-electron chi connectivity index (χ1n) is 8.56. The topological polar surface area (TPSA) is 73.9 Å². The molecule has 1 aliphatic heterocycles. The maximum absolute atomic E-state index is 12.0. The summed E-state index contributed by atoms with van der Waals surface area (Å²) in [6.45, 7) is 6.68. The van der Waals surface area contributed by atoms with E-state index in [2.05, 4.69) is 5.32 Å². The molecule has 2 saturated carbocycles. The molecular weight excluding hydrogens is 298 g/mol. The Labute approximate surface area is 137 Å². The lowest BCUT2D eigenvalue weighted by Crippen LogP contribution is -2.43. The molecule has 1 spiro atoms. The number of rotatable bonds is 2.